The van der Waals surface area contributed by atoms with Crippen LogP contribution in [0.5, 0.6) is 0 Å². The molecule has 0 aromatic rings. The van der Waals surface area contributed by atoms with E-state index in [-0.39, 0.29) is 17.1 Å². The smallest absolute Gasteiger partial charge is 0.315 e. The fourth-order valence-corrected chi connectivity index (χ4v) is 3.96. The van der Waals surface area contributed by atoms with E-state index in [4.69, 9.17) is 0 Å². The molecular weight excluding hydrogens is 258 g/mol. The molecule has 0 aliphatic heterocycles. The summed E-state index contributed by atoms with van der Waals surface area (Å²) < 4.78 is 4.68. The maximum absolute atomic E-state index is 11.3. The van der Waals surface area contributed by atoms with E-state index in [0.717, 1.165) is 25.7 Å². The normalized spacial score (nSPS) is 27.6. The Hall–Kier alpha value is -0.690. The lowest BCUT2D eigenvalue weighted by Crippen LogP contribution is -2.34. The fourth-order valence-electron chi connectivity index (χ4n) is 2.69. The van der Waals surface area contributed by atoms with Crippen molar-refractivity contribution in [2.24, 2.45) is 17.3 Å². The van der Waals surface area contributed by atoms with E-state index < -0.39 is 0 Å². The Morgan fingerprint density at radius 1 is 1.47 bits per heavy atom. The molecule has 1 saturated carbocycles. The summed E-state index contributed by atoms with van der Waals surface area (Å²) in [4.78, 5) is 11.3. The second-order valence-corrected chi connectivity index (χ2v) is 7.24. The summed E-state index contributed by atoms with van der Waals surface area (Å²) in [7, 11) is 1.41. The highest BCUT2D eigenvalue weighted by molar-refractivity contribution is 8.00. The van der Waals surface area contributed by atoms with Crippen molar-refractivity contribution in [2.45, 2.75) is 51.7 Å². The lowest BCUT2D eigenvalue weighted by molar-refractivity contribution is -0.137. The minimum absolute atomic E-state index is 0.0820. The number of hydrogen-bond acceptors (Lipinski definition) is 4. The van der Waals surface area contributed by atoms with Crippen LogP contribution < -0.4 is 0 Å². The van der Waals surface area contributed by atoms with Crippen molar-refractivity contribution in [2.75, 3.05) is 12.9 Å². The van der Waals surface area contributed by atoms with E-state index in [0.29, 0.717) is 17.1 Å². The Morgan fingerprint density at radius 3 is 2.68 bits per heavy atom. The first kappa shape index (κ1) is 16.4. The third kappa shape index (κ3) is 4.42. The van der Waals surface area contributed by atoms with Gasteiger partial charge in [-0.3, -0.25) is 4.79 Å². The van der Waals surface area contributed by atoms with Crippen molar-refractivity contribution in [1.29, 1.82) is 5.26 Å². The average Bonchev–Trinajstić information content (AvgIpc) is 2.44. The average molecular weight is 283 g/mol. The number of hydrogen-bond donors (Lipinski definition) is 0. The molecule has 0 N–H and O–H groups in total. The molecule has 3 unspecified atom stereocenters. The Morgan fingerprint density at radius 2 is 2.16 bits per heavy atom. The minimum Gasteiger partial charge on any atom is -0.468 e. The van der Waals surface area contributed by atoms with Crippen LogP contribution >= 0.6 is 11.8 Å². The number of thioether (sulfide) groups is 1. The maximum atomic E-state index is 11.3. The van der Waals surface area contributed by atoms with Crippen LogP contribution in [-0.2, 0) is 9.53 Å². The molecule has 0 aromatic carbocycles. The number of nitriles is 1. The Labute approximate surface area is 121 Å². The first-order valence-corrected chi connectivity index (χ1v) is 8.07. The molecule has 1 aliphatic carbocycles. The van der Waals surface area contributed by atoms with E-state index in [1.165, 1.54) is 7.11 Å². The summed E-state index contributed by atoms with van der Waals surface area (Å²) in [6.45, 7) is 6.85. The lowest BCUT2D eigenvalue weighted by Gasteiger charge is -2.41. The van der Waals surface area contributed by atoms with E-state index in [1.807, 2.05) is 0 Å². The molecule has 0 radical (unpaired) electrons. The van der Waals surface area contributed by atoms with Gasteiger partial charge in [0.2, 0.25) is 0 Å². The molecular formula is C15H25NO2S. The zero-order valence-corrected chi connectivity index (χ0v) is 13.3. The number of esters is 1. The first-order valence-electron chi connectivity index (χ1n) is 7.02. The molecule has 4 heteroatoms. The topological polar surface area (TPSA) is 50.1 Å². The predicted octanol–water partition coefficient (Wildman–Crippen LogP) is 3.64. The summed E-state index contributed by atoms with van der Waals surface area (Å²) in [6, 6.07) is 2.41. The maximum Gasteiger partial charge on any atom is 0.315 e. The van der Waals surface area contributed by atoms with Gasteiger partial charge in [0.1, 0.15) is 0 Å². The summed E-state index contributed by atoms with van der Waals surface area (Å²) in [5.41, 5.74) is 0.324. The number of rotatable bonds is 5. The molecule has 3 atom stereocenters. The quantitative estimate of drug-likeness (QED) is 0.723. The van der Waals surface area contributed by atoms with Gasteiger partial charge in [0.25, 0.3) is 0 Å². The second kappa shape index (κ2) is 7.19. The molecule has 108 valence electrons. The van der Waals surface area contributed by atoms with Crippen molar-refractivity contribution in [3.63, 3.8) is 0 Å². The Balaban J connectivity index is 2.64. The van der Waals surface area contributed by atoms with E-state index >= 15 is 0 Å². The number of methoxy groups -OCH3 is 1. The number of nitrogens with zero attached hydrogens (tertiary/aromatic N) is 1. The van der Waals surface area contributed by atoms with Gasteiger partial charge < -0.3 is 4.74 Å². The number of carbonyl (C=O) groups excluding carboxylic acids is 1. The zero-order chi connectivity index (χ0) is 14.5. The van der Waals surface area contributed by atoms with Gasteiger partial charge in [-0.15, -0.1) is 11.8 Å². The third-order valence-electron chi connectivity index (χ3n) is 4.62. The largest absolute Gasteiger partial charge is 0.468 e. The SMILES string of the molecule is CCC(C)(C)C1CCC(C#N)C(SCC(=O)OC)C1. The predicted molar refractivity (Wildman–Crippen MR) is 78.8 cm³/mol. The molecule has 1 aliphatic rings. The van der Waals surface area contributed by atoms with Crippen molar-refractivity contribution >= 4 is 17.7 Å². The van der Waals surface area contributed by atoms with Crippen LogP contribution in [0, 0.1) is 28.6 Å². The van der Waals surface area contributed by atoms with E-state index in [1.54, 1.807) is 11.8 Å². The van der Waals surface area contributed by atoms with Crippen LogP contribution in [0.15, 0.2) is 0 Å². The number of ether oxygens (including phenoxy) is 1. The third-order valence-corrected chi connectivity index (χ3v) is 5.97. The van der Waals surface area contributed by atoms with Crippen LogP contribution in [0.25, 0.3) is 0 Å². The molecule has 0 bridgehead atoms. The molecule has 1 fully saturated rings. The first-order chi connectivity index (χ1) is 8.94. The molecule has 3 nitrogen and oxygen atoms in total. The van der Waals surface area contributed by atoms with E-state index in [2.05, 4.69) is 31.6 Å². The van der Waals surface area contributed by atoms with Gasteiger partial charge in [-0.2, -0.15) is 5.26 Å². The minimum atomic E-state index is -0.196. The van der Waals surface area contributed by atoms with Crippen LogP contribution in [0.2, 0.25) is 0 Å². The van der Waals surface area contributed by atoms with Gasteiger partial charge in [0.05, 0.1) is 24.8 Å². The molecule has 0 amide bonds. The molecule has 0 heterocycles. The molecule has 0 spiro atoms. The van der Waals surface area contributed by atoms with Crippen molar-refractivity contribution in [3.05, 3.63) is 0 Å². The summed E-state index contributed by atoms with van der Waals surface area (Å²) in [5.74, 6) is 0.896. The highest BCUT2D eigenvalue weighted by Gasteiger charge is 2.37. The van der Waals surface area contributed by atoms with Crippen LogP contribution in [0.1, 0.15) is 46.5 Å². The van der Waals surface area contributed by atoms with Crippen molar-refractivity contribution in [3.8, 4) is 6.07 Å². The van der Waals surface area contributed by atoms with Crippen LogP contribution in [-0.4, -0.2) is 24.1 Å². The second-order valence-electron chi connectivity index (χ2n) is 6.01. The van der Waals surface area contributed by atoms with Gasteiger partial charge in [0, 0.05) is 5.25 Å². The molecule has 0 aromatic heterocycles. The fraction of sp³-hybridized carbons (Fsp3) is 0.867. The molecule has 0 saturated heterocycles. The van der Waals surface area contributed by atoms with Gasteiger partial charge in [-0.1, -0.05) is 27.2 Å². The standard InChI is InChI=1S/C15H25NO2S/c1-5-15(2,3)12-7-6-11(9-16)13(8-12)19-10-14(17)18-4/h11-13H,5-8,10H2,1-4H3. The molecule has 1 rings (SSSR count). The molecule has 19 heavy (non-hydrogen) atoms. The van der Waals surface area contributed by atoms with Crippen molar-refractivity contribution in [1.82, 2.24) is 0 Å². The number of carbonyl (C=O) groups is 1. The van der Waals surface area contributed by atoms with Gasteiger partial charge >= 0.3 is 5.97 Å². The Kier molecular flexibility index (Phi) is 6.19. The van der Waals surface area contributed by atoms with E-state index in [9.17, 15) is 10.1 Å². The van der Waals surface area contributed by atoms with Gasteiger partial charge in [-0.25, -0.2) is 0 Å². The highest BCUT2D eigenvalue weighted by Crippen LogP contribution is 2.45. The van der Waals surface area contributed by atoms with Gasteiger partial charge in [0.15, 0.2) is 0 Å². The van der Waals surface area contributed by atoms with Gasteiger partial charge in [-0.05, 0) is 30.6 Å². The monoisotopic (exact) mass is 283 g/mol. The summed E-state index contributed by atoms with van der Waals surface area (Å²) in [6.07, 6.45) is 4.29. The highest BCUT2D eigenvalue weighted by atomic mass is 32.2. The lowest BCUT2D eigenvalue weighted by atomic mass is 9.67. The van der Waals surface area contributed by atoms with Crippen LogP contribution in [0.3, 0.4) is 0 Å². The van der Waals surface area contributed by atoms with Crippen LogP contribution in [0.4, 0.5) is 0 Å². The Bertz CT molecular complexity index is 349. The zero-order valence-electron chi connectivity index (χ0n) is 12.4. The van der Waals surface area contributed by atoms with Crippen molar-refractivity contribution < 1.29 is 9.53 Å². The summed E-state index contributed by atoms with van der Waals surface area (Å²) >= 11 is 1.60. The summed E-state index contributed by atoms with van der Waals surface area (Å²) in [5, 5.41) is 9.52.